The molecule has 0 aliphatic rings. The molecule has 4 heteroatoms. The van der Waals surface area contributed by atoms with Gasteiger partial charge < -0.3 is 5.11 Å². The standard InChI is InChI=1S/C13H16N2O2/c1-3-15(9-13(16)17)10(2)12-6-4-5-11(7-12)8-14/h4-7,10H,3,9H2,1-2H3,(H,16,17). The molecule has 0 aliphatic carbocycles. The molecule has 17 heavy (non-hydrogen) atoms. The van der Waals surface area contributed by atoms with Crippen LogP contribution in [-0.4, -0.2) is 29.1 Å². The Labute approximate surface area is 101 Å². The van der Waals surface area contributed by atoms with Gasteiger partial charge in [-0.2, -0.15) is 5.26 Å². The molecule has 0 saturated carbocycles. The second kappa shape index (κ2) is 6.02. The van der Waals surface area contributed by atoms with Crippen LogP contribution >= 0.6 is 0 Å². The quantitative estimate of drug-likeness (QED) is 0.843. The van der Waals surface area contributed by atoms with Gasteiger partial charge in [-0.3, -0.25) is 9.69 Å². The molecule has 0 fully saturated rings. The van der Waals surface area contributed by atoms with E-state index in [0.717, 1.165) is 5.56 Å². The Morgan fingerprint density at radius 3 is 2.82 bits per heavy atom. The van der Waals surface area contributed by atoms with Gasteiger partial charge in [0, 0.05) is 6.04 Å². The second-order valence-electron chi connectivity index (χ2n) is 3.87. The van der Waals surface area contributed by atoms with E-state index in [-0.39, 0.29) is 12.6 Å². The van der Waals surface area contributed by atoms with Crippen LogP contribution in [0.15, 0.2) is 24.3 Å². The van der Waals surface area contributed by atoms with Crippen LogP contribution in [0.3, 0.4) is 0 Å². The van der Waals surface area contributed by atoms with Crippen LogP contribution in [0.4, 0.5) is 0 Å². The van der Waals surface area contributed by atoms with Gasteiger partial charge in [0.2, 0.25) is 0 Å². The first-order valence-corrected chi connectivity index (χ1v) is 5.54. The highest BCUT2D eigenvalue weighted by Crippen LogP contribution is 2.20. The number of benzene rings is 1. The van der Waals surface area contributed by atoms with Crippen LogP contribution in [0.5, 0.6) is 0 Å². The minimum Gasteiger partial charge on any atom is -0.480 e. The van der Waals surface area contributed by atoms with Crippen molar-refractivity contribution >= 4 is 5.97 Å². The first kappa shape index (κ1) is 13.2. The fourth-order valence-corrected chi connectivity index (χ4v) is 1.78. The summed E-state index contributed by atoms with van der Waals surface area (Å²) in [5.74, 6) is -0.838. The van der Waals surface area contributed by atoms with Gasteiger partial charge in [0.15, 0.2) is 0 Å². The highest BCUT2D eigenvalue weighted by atomic mass is 16.4. The Kier molecular flexibility index (Phi) is 4.68. The number of hydrogen-bond acceptors (Lipinski definition) is 3. The van der Waals surface area contributed by atoms with Gasteiger partial charge in [-0.05, 0) is 31.2 Å². The van der Waals surface area contributed by atoms with Crippen molar-refractivity contribution < 1.29 is 9.90 Å². The summed E-state index contributed by atoms with van der Waals surface area (Å²) < 4.78 is 0. The Balaban J connectivity index is 2.89. The predicted octanol–water partition coefficient (Wildman–Crippen LogP) is 2.03. The van der Waals surface area contributed by atoms with Crippen LogP contribution in [0, 0.1) is 11.3 Å². The van der Waals surface area contributed by atoms with Crippen molar-refractivity contribution in [2.45, 2.75) is 19.9 Å². The number of carbonyl (C=O) groups is 1. The average molecular weight is 232 g/mol. The number of nitriles is 1. The fraction of sp³-hybridized carbons (Fsp3) is 0.385. The Bertz CT molecular complexity index is 437. The number of nitrogens with zero attached hydrogens (tertiary/aromatic N) is 2. The molecule has 1 rings (SSSR count). The van der Waals surface area contributed by atoms with Crippen LogP contribution in [0.25, 0.3) is 0 Å². The molecule has 4 nitrogen and oxygen atoms in total. The number of hydrogen-bond donors (Lipinski definition) is 1. The van der Waals surface area contributed by atoms with Crippen LogP contribution in [0.1, 0.15) is 31.0 Å². The van der Waals surface area contributed by atoms with Crippen molar-refractivity contribution in [1.29, 1.82) is 5.26 Å². The van der Waals surface area contributed by atoms with Crippen LogP contribution in [0.2, 0.25) is 0 Å². The molecule has 90 valence electrons. The molecule has 0 aromatic heterocycles. The Morgan fingerprint density at radius 2 is 2.29 bits per heavy atom. The van der Waals surface area contributed by atoms with E-state index in [1.165, 1.54) is 0 Å². The van der Waals surface area contributed by atoms with Gasteiger partial charge in [-0.15, -0.1) is 0 Å². The van der Waals surface area contributed by atoms with Gasteiger partial charge in [-0.25, -0.2) is 0 Å². The molecule has 1 unspecified atom stereocenters. The molecular formula is C13H16N2O2. The molecule has 0 heterocycles. The lowest BCUT2D eigenvalue weighted by atomic mass is 10.0. The van der Waals surface area contributed by atoms with E-state index in [1.807, 2.05) is 30.9 Å². The average Bonchev–Trinajstić information content (AvgIpc) is 2.35. The zero-order valence-electron chi connectivity index (χ0n) is 10.1. The van der Waals surface area contributed by atoms with E-state index < -0.39 is 5.97 Å². The summed E-state index contributed by atoms with van der Waals surface area (Å²) in [4.78, 5) is 12.6. The lowest BCUT2D eigenvalue weighted by Crippen LogP contribution is -2.32. The summed E-state index contributed by atoms with van der Waals surface area (Å²) in [6, 6.07) is 9.35. The lowest BCUT2D eigenvalue weighted by Gasteiger charge is -2.26. The number of aliphatic carboxylic acids is 1. The second-order valence-corrected chi connectivity index (χ2v) is 3.87. The predicted molar refractivity (Wildman–Crippen MR) is 64.5 cm³/mol. The summed E-state index contributed by atoms with van der Waals surface area (Å²) in [5.41, 5.74) is 1.56. The molecule has 0 radical (unpaired) electrons. The highest BCUT2D eigenvalue weighted by Gasteiger charge is 2.16. The van der Waals surface area contributed by atoms with Crippen molar-refractivity contribution in [3.8, 4) is 6.07 Å². The van der Waals surface area contributed by atoms with Crippen LogP contribution < -0.4 is 0 Å². The summed E-state index contributed by atoms with van der Waals surface area (Å²) in [7, 11) is 0. The topological polar surface area (TPSA) is 64.3 Å². The third-order valence-electron chi connectivity index (χ3n) is 2.79. The highest BCUT2D eigenvalue weighted by molar-refractivity contribution is 5.69. The Morgan fingerprint density at radius 1 is 1.59 bits per heavy atom. The van der Waals surface area contributed by atoms with Gasteiger partial charge in [0.05, 0.1) is 18.2 Å². The number of rotatable bonds is 5. The smallest absolute Gasteiger partial charge is 0.317 e. The van der Waals surface area contributed by atoms with Crippen molar-refractivity contribution in [1.82, 2.24) is 4.90 Å². The molecule has 0 saturated heterocycles. The maximum Gasteiger partial charge on any atom is 0.317 e. The summed E-state index contributed by atoms with van der Waals surface area (Å²) in [5, 5.41) is 17.6. The summed E-state index contributed by atoms with van der Waals surface area (Å²) in [6.07, 6.45) is 0. The Hall–Kier alpha value is -1.86. The molecule has 0 spiro atoms. The van der Waals surface area contributed by atoms with Gasteiger partial charge in [-0.1, -0.05) is 19.1 Å². The van der Waals surface area contributed by atoms with Crippen molar-refractivity contribution in [2.24, 2.45) is 0 Å². The molecule has 0 bridgehead atoms. The molecule has 0 amide bonds. The third-order valence-corrected chi connectivity index (χ3v) is 2.79. The number of carboxylic acid groups (broad SMARTS) is 1. The van der Waals surface area contributed by atoms with Crippen molar-refractivity contribution in [2.75, 3.05) is 13.1 Å². The molecule has 0 aliphatic heterocycles. The van der Waals surface area contributed by atoms with Gasteiger partial charge in [0.1, 0.15) is 0 Å². The summed E-state index contributed by atoms with van der Waals surface area (Å²) >= 11 is 0. The van der Waals surface area contributed by atoms with Crippen molar-refractivity contribution in [3.05, 3.63) is 35.4 Å². The molecule has 1 N–H and O–H groups in total. The molecular weight excluding hydrogens is 216 g/mol. The third kappa shape index (κ3) is 3.58. The van der Waals surface area contributed by atoms with E-state index >= 15 is 0 Å². The SMILES string of the molecule is CCN(CC(=O)O)C(C)c1cccc(C#N)c1. The normalized spacial score (nSPS) is 12.1. The monoisotopic (exact) mass is 232 g/mol. The number of carboxylic acids is 1. The maximum absolute atomic E-state index is 10.7. The fourth-order valence-electron chi connectivity index (χ4n) is 1.78. The summed E-state index contributed by atoms with van der Waals surface area (Å²) in [6.45, 7) is 4.54. The van der Waals surface area contributed by atoms with Gasteiger partial charge in [0.25, 0.3) is 0 Å². The minimum atomic E-state index is -0.838. The van der Waals surface area contributed by atoms with Crippen molar-refractivity contribution in [3.63, 3.8) is 0 Å². The van der Waals surface area contributed by atoms with E-state index in [2.05, 4.69) is 6.07 Å². The van der Waals surface area contributed by atoms with E-state index in [1.54, 1.807) is 12.1 Å². The first-order valence-electron chi connectivity index (χ1n) is 5.54. The zero-order valence-corrected chi connectivity index (χ0v) is 10.1. The first-order chi connectivity index (χ1) is 8.08. The minimum absolute atomic E-state index is 0.00838. The van der Waals surface area contributed by atoms with Crippen LogP contribution in [-0.2, 0) is 4.79 Å². The van der Waals surface area contributed by atoms with E-state index in [9.17, 15) is 4.79 Å². The zero-order chi connectivity index (χ0) is 12.8. The van der Waals surface area contributed by atoms with Gasteiger partial charge >= 0.3 is 5.97 Å². The van der Waals surface area contributed by atoms with E-state index in [4.69, 9.17) is 10.4 Å². The maximum atomic E-state index is 10.7. The molecule has 1 aromatic carbocycles. The van der Waals surface area contributed by atoms with E-state index in [0.29, 0.717) is 12.1 Å². The molecule has 1 atom stereocenters. The molecule has 1 aromatic rings. The lowest BCUT2D eigenvalue weighted by molar-refractivity contribution is -0.138. The largest absolute Gasteiger partial charge is 0.480 e. The number of likely N-dealkylation sites (N-methyl/N-ethyl adjacent to an activating group) is 1.